The van der Waals surface area contributed by atoms with Crippen molar-refractivity contribution in [1.82, 2.24) is 0 Å². The fraction of sp³-hybridized carbons (Fsp3) is 0.0370. The first-order valence-corrected chi connectivity index (χ1v) is 12.9. The second-order valence-electron chi connectivity index (χ2n) is 7.61. The number of rotatable bonds is 6. The largest absolute Gasteiger partial charge is 0.457 e. The molecule has 0 aromatic heterocycles. The monoisotopic (exact) mass is 508 g/mol. The predicted molar refractivity (Wildman–Crippen MR) is 136 cm³/mol. The van der Waals surface area contributed by atoms with Crippen LogP contribution in [0.5, 0.6) is 17.2 Å². The molecule has 0 amide bonds. The first kappa shape index (κ1) is 22.6. The highest BCUT2D eigenvalue weighted by atomic mass is 35.5. The van der Waals surface area contributed by atoms with Crippen molar-refractivity contribution in [3.63, 3.8) is 0 Å². The lowest BCUT2D eigenvalue weighted by Gasteiger charge is -2.30. The highest BCUT2D eigenvalue weighted by Crippen LogP contribution is 2.63. The molecular weight excluding hydrogens is 490 g/mol. The Morgan fingerprint density at radius 2 is 1.21 bits per heavy atom. The highest BCUT2D eigenvalue weighted by molar-refractivity contribution is 7.55. The molecule has 0 fully saturated rings. The topological polar surface area (TPSA) is 44.8 Å². The first-order valence-electron chi connectivity index (χ1n) is 10.5. The van der Waals surface area contributed by atoms with Crippen molar-refractivity contribution >= 4 is 36.6 Å². The van der Waals surface area contributed by atoms with Gasteiger partial charge >= 0.3 is 7.60 Å². The van der Waals surface area contributed by atoms with Crippen molar-refractivity contribution in [3.05, 3.63) is 130 Å². The number of para-hydroxylation sites is 1. The summed E-state index contributed by atoms with van der Waals surface area (Å²) in [5.41, 5.74) is 0.819. The average Bonchev–Trinajstić information content (AvgIpc) is 2.87. The maximum Gasteiger partial charge on any atom is 0.442 e. The molecule has 0 radical (unpaired) electrons. The van der Waals surface area contributed by atoms with Crippen LogP contribution in [0.15, 0.2) is 109 Å². The van der Waals surface area contributed by atoms with Crippen LogP contribution in [0.2, 0.25) is 10.0 Å². The second kappa shape index (κ2) is 9.60. The normalized spacial score (nSPS) is 15.0. The summed E-state index contributed by atoms with van der Waals surface area (Å²) in [6.07, 6.45) is 1.80. The molecule has 0 saturated carbocycles. The van der Waals surface area contributed by atoms with Crippen LogP contribution >= 0.6 is 30.8 Å². The number of hydrogen-bond acceptors (Lipinski definition) is 4. The summed E-state index contributed by atoms with van der Waals surface area (Å²) < 4.78 is 33.0. The van der Waals surface area contributed by atoms with Gasteiger partial charge < -0.3 is 13.8 Å². The Morgan fingerprint density at radius 1 is 0.676 bits per heavy atom. The zero-order chi connectivity index (χ0) is 23.5. The number of benzene rings is 4. The molecule has 0 aliphatic carbocycles. The maximum atomic E-state index is 14.6. The molecule has 4 aromatic rings. The number of hydrogen-bond donors (Lipinski definition) is 0. The lowest BCUT2D eigenvalue weighted by molar-refractivity contribution is 0.375. The van der Waals surface area contributed by atoms with Crippen LogP contribution in [0, 0.1) is 0 Å². The fourth-order valence-corrected chi connectivity index (χ4v) is 5.86. The van der Waals surface area contributed by atoms with E-state index >= 15 is 0 Å². The molecule has 0 saturated heterocycles. The molecule has 7 heteroatoms. The Hall–Kier alpha value is -3.17. The minimum Gasteiger partial charge on any atom is -0.457 e. The number of halogens is 2. The van der Waals surface area contributed by atoms with Crippen LogP contribution < -0.4 is 13.8 Å². The number of ether oxygens (including phenoxy) is 1. The van der Waals surface area contributed by atoms with Gasteiger partial charge in [-0.05, 0) is 60.7 Å². The SMILES string of the molecule is O=P(Oc1ccc(Cl)cc1)(Oc1ccc(Cl)cc1)C1C=C(c2ccccc2)Oc2ccccc21. The van der Waals surface area contributed by atoms with Crippen LogP contribution in [-0.2, 0) is 4.57 Å². The van der Waals surface area contributed by atoms with E-state index in [4.69, 9.17) is 37.0 Å². The quantitative estimate of drug-likeness (QED) is 0.244. The molecule has 34 heavy (non-hydrogen) atoms. The Labute approximate surface area is 207 Å². The van der Waals surface area contributed by atoms with E-state index in [-0.39, 0.29) is 0 Å². The van der Waals surface area contributed by atoms with Gasteiger partial charge in [0.15, 0.2) is 0 Å². The Bertz CT molecular complexity index is 1320. The molecule has 1 unspecified atom stereocenters. The summed E-state index contributed by atoms with van der Waals surface area (Å²) in [4.78, 5) is 0. The van der Waals surface area contributed by atoms with Crippen LogP contribution in [0.1, 0.15) is 16.8 Å². The number of allylic oxidation sites excluding steroid dienone is 1. The van der Waals surface area contributed by atoms with E-state index in [9.17, 15) is 4.57 Å². The maximum absolute atomic E-state index is 14.6. The van der Waals surface area contributed by atoms with Gasteiger partial charge in [0.2, 0.25) is 0 Å². The minimum atomic E-state index is -3.90. The highest BCUT2D eigenvalue weighted by Gasteiger charge is 2.43. The number of fused-ring (bicyclic) bond motifs is 1. The van der Waals surface area contributed by atoms with Crippen LogP contribution in [0.3, 0.4) is 0 Å². The second-order valence-corrected chi connectivity index (χ2v) is 10.5. The zero-order valence-corrected chi connectivity index (χ0v) is 20.2. The summed E-state index contributed by atoms with van der Waals surface area (Å²) in [6.45, 7) is 0. The van der Waals surface area contributed by atoms with Gasteiger partial charge in [0.25, 0.3) is 0 Å². The Balaban J connectivity index is 1.63. The van der Waals surface area contributed by atoms with E-state index in [0.717, 1.165) is 5.56 Å². The molecular formula is C27H19Cl2O4P. The molecule has 170 valence electrons. The van der Waals surface area contributed by atoms with Gasteiger partial charge in [-0.15, -0.1) is 0 Å². The van der Waals surface area contributed by atoms with Gasteiger partial charge in [0.1, 0.15) is 28.7 Å². The van der Waals surface area contributed by atoms with Crippen molar-refractivity contribution in [1.29, 1.82) is 0 Å². The summed E-state index contributed by atoms with van der Waals surface area (Å²) in [7, 11) is -3.90. The molecule has 0 N–H and O–H groups in total. The molecule has 1 aliphatic rings. The molecule has 4 aromatic carbocycles. The third-order valence-corrected chi connectivity index (χ3v) is 7.80. The lowest BCUT2D eigenvalue weighted by Crippen LogP contribution is -2.15. The Morgan fingerprint density at radius 3 is 1.79 bits per heavy atom. The van der Waals surface area contributed by atoms with E-state index in [1.54, 1.807) is 54.6 Å². The van der Waals surface area contributed by atoms with Crippen molar-refractivity contribution < 1.29 is 18.3 Å². The summed E-state index contributed by atoms with van der Waals surface area (Å²) in [6, 6.07) is 30.4. The third kappa shape index (κ3) is 4.85. The van der Waals surface area contributed by atoms with Crippen molar-refractivity contribution in [2.45, 2.75) is 5.66 Å². The fourth-order valence-electron chi connectivity index (χ4n) is 3.64. The van der Waals surface area contributed by atoms with Crippen LogP contribution in [0.4, 0.5) is 0 Å². The van der Waals surface area contributed by atoms with E-state index in [1.165, 1.54) is 0 Å². The average molecular weight is 509 g/mol. The first-order chi connectivity index (χ1) is 16.5. The third-order valence-electron chi connectivity index (χ3n) is 5.26. The summed E-state index contributed by atoms with van der Waals surface area (Å²) >= 11 is 12.1. The van der Waals surface area contributed by atoms with Gasteiger partial charge in [-0.2, -0.15) is 0 Å². The van der Waals surface area contributed by atoms with E-state index in [1.807, 2.05) is 54.6 Å². The van der Waals surface area contributed by atoms with E-state index in [0.29, 0.717) is 38.6 Å². The van der Waals surface area contributed by atoms with Crippen molar-refractivity contribution in [3.8, 4) is 17.2 Å². The molecule has 1 aliphatic heterocycles. The molecule has 0 bridgehead atoms. The molecule has 1 atom stereocenters. The van der Waals surface area contributed by atoms with Gasteiger partial charge in [0, 0.05) is 21.2 Å². The summed E-state index contributed by atoms with van der Waals surface area (Å²) in [5, 5.41) is 1.09. The predicted octanol–water partition coefficient (Wildman–Crippen LogP) is 8.82. The molecule has 4 nitrogen and oxygen atoms in total. The van der Waals surface area contributed by atoms with Crippen LogP contribution in [-0.4, -0.2) is 0 Å². The van der Waals surface area contributed by atoms with Gasteiger partial charge in [0.05, 0.1) is 0 Å². The lowest BCUT2D eigenvalue weighted by atomic mass is 10.0. The Kier molecular flexibility index (Phi) is 6.38. The summed E-state index contributed by atoms with van der Waals surface area (Å²) in [5.74, 6) is 1.91. The van der Waals surface area contributed by atoms with Gasteiger partial charge in [-0.25, -0.2) is 4.57 Å². The molecule has 0 spiro atoms. The van der Waals surface area contributed by atoms with E-state index in [2.05, 4.69) is 0 Å². The standard InChI is InChI=1S/C27H19Cl2O4P/c28-20-10-14-22(15-11-20)32-34(30,33-23-16-12-21(29)13-17-23)27-18-26(19-6-2-1-3-7-19)31-25-9-5-4-8-24(25)27/h1-18,27H. The molecule has 1 heterocycles. The van der Waals surface area contributed by atoms with Gasteiger partial charge in [-0.3, -0.25) is 0 Å². The van der Waals surface area contributed by atoms with Crippen LogP contribution in [0.25, 0.3) is 5.76 Å². The van der Waals surface area contributed by atoms with E-state index < -0.39 is 13.3 Å². The molecule has 5 rings (SSSR count). The van der Waals surface area contributed by atoms with Gasteiger partial charge in [-0.1, -0.05) is 71.7 Å². The van der Waals surface area contributed by atoms with Crippen molar-refractivity contribution in [2.24, 2.45) is 0 Å². The minimum absolute atomic E-state index is 0.375. The zero-order valence-electron chi connectivity index (χ0n) is 17.8. The smallest absolute Gasteiger partial charge is 0.442 e. The van der Waals surface area contributed by atoms with Crippen molar-refractivity contribution in [2.75, 3.05) is 0 Å².